The number of carbonyl (C=O) groups excluding carboxylic acids is 1. The van der Waals surface area contributed by atoms with E-state index in [1.54, 1.807) is 55.5 Å². The predicted molar refractivity (Wildman–Crippen MR) is 152 cm³/mol. The zero-order valence-electron chi connectivity index (χ0n) is 21.9. The zero-order valence-corrected chi connectivity index (χ0v) is 23.5. The molecule has 214 valence electrons. The summed E-state index contributed by atoms with van der Waals surface area (Å²) in [6.07, 6.45) is 2.12. The number of hydrogen-bond acceptors (Lipinski definition) is 7. The Balaban J connectivity index is 1.20. The molecule has 2 N–H and O–H groups in total. The smallest absolute Gasteiger partial charge is 0.255 e. The Morgan fingerprint density at radius 3 is 2.49 bits per heavy atom. The predicted octanol–water partition coefficient (Wildman–Crippen LogP) is 5.59. The van der Waals surface area contributed by atoms with Crippen LogP contribution in [-0.4, -0.2) is 49.5 Å². The van der Waals surface area contributed by atoms with E-state index in [0.717, 1.165) is 17.7 Å². The molecule has 2 atom stereocenters. The van der Waals surface area contributed by atoms with Gasteiger partial charge in [0.25, 0.3) is 5.91 Å². The van der Waals surface area contributed by atoms with Crippen molar-refractivity contribution in [2.24, 2.45) is 0 Å². The van der Waals surface area contributed by atoms with Gasteiger partial charge in [0.2, 0.25) is 0 Å². The molecule has 1 fully saturated rings. The normalized spacial score (nSPS) is 19.3. The SMILES string of the molecule is C[C@@H](S[C@H]1CO[C@H](c2ccc(C(=O)Nc3ccc(Cl)cc3)cc2)OC1)[C@](O)(Cn1cncn1)c1ccc(F)cc1F. The summed E-state index contributed by atoms with van der Waals surface area (Å²) in [7, 11) is 0. The van der Waals surface area contributed by atoms with Gasteiger partial charge in [0.1, 0.15) is 29.9 Å². The number of hydrogen-bond donors (Lipinski definition) is 2. The maximum absolute atomic E-state index is 14.8. The Bertz CT molecular complexity index is 1470. The highest BCUT2D eigenvalue weighted by atomic mass is 35.5. The highest BCUT2D eigenvalue weighted by Crippen LogP contribution is 2.39. The van der Waals surface area contributed by atoms with Gasteiger partial charge in [0, 0.05) is 38.7 Å². The van der Waals surface area contributed by atoms with E-state index in [0.29, 0.717) is 29.5 Å². The zero-order chi connectivity index (χ0) is 29.0. The molecule has 0 unspecified atom stereocenters. The summed E-state index contributed by atoms with van der Waals surface area (Å²) in [6.45, 7) is 2.30. The molecule has 1 saturated heterocycles. The first kappa shape index (κ1) is 29.2. The average molecular weight is 601 g/mol. The van der Waals surface area contributed by atoms with Crippen molar-refractivity contribution < 1.29 is 28.2 Å². The van der Waals surface area contributed by atoms with Crippen LogP contribution in [0.5, 0.6) is 0 Å². The lowest BCUT2D eigenvalue weighted by Gasteiger charge is -2.37. The molecule has 1 aromatic heterocycles. The van der Waals surface area contributed by atoms with Gasteiger partial charge in [0.15, 0.2) is 6.29 Å². The van der Waals surface area contributed by atoms with Crippen LogP contribution in [0.1, 0.15) is 34.7 Å². The van der Waals surface area contributed by atoms with Gasteiger partial charge in [-0.25, -0.2) is 18.4 Å². The van der Waals surface area contributed by atoms with E-state index in [4.69, 9.17) is 21.1 Å². The Morgan fingerprint density at radius 1 is 1.15 bits per heavy atom. The van der Waals surface area contributed by atoms with Gasteiger partial charge >= 0.3 is 0 Å². The molecule has 12 heteroatoms. The molecule has 4 aromatic rings. The molecule has 1 amide bonds. The van der Waals surface area contributed by atoms with Crippen LogP contribution in [-0.2, 0) is 21.6 Å². The van der Waals surface area contributed by atoms with Crippen molar-refractivity contribution in [2.45, 2.75) is 35.9 Å². The van der Waals surface area contributed by atoms with Gasteiger partial charge in [-0.3, -0.25) is 4.79 Å². The fraction of sp³-hybridized carbons (Fsp3) is 0.276. The minimum Gasteiger partial charge on any atom is -0.382 e. The van der Waals surface area contributed by atoms with Crippen molar-refractivity contribution in [3.63, 3.8) is 0 Å². The monoisotopic (exact) mass is 600 g/mol. The standard InChI is InChI=1S/C29H27ClF2N4O4S/c1-18(29(38,15-36-17-33-16-34-36)25-11-8-22(31)12-26(25)32)41-24-13-39-28(40-14-24)20-4-2-19(3-5-20)27(37)35-23-9-6-21(30)7-10-23/h2-12,16-18,24,28,38H,13-15H2,1H3,(H,35,37)/t18-,24-,28-,29-/m1/s1. The molecule has 0 spiro atoms. The van der Waals surface area contributed by atoms with Crippen molar-refractivity contribution in [3.8, 4) is 0 Å². The number of anilines is 1. The van der Waals surface area contributed by atoms with Crippen molar-refractivity contribution in [1.82, 2.24) is 14.8 Å². The molecule has 1 aliphatic heterocycles. The molecule has 0 aliphatic carbocycles. The quantitative estimate of drug-likeness (QED) is 0.259. The number of nitrogens with zero attached hydrogens (tertiary/aromatic N) is 3. The largest absolute Gasteiger partial charge is 0.382 e. The number of rotatable bonds is 9. The van der Waals surface area contributed by atoms with E-state index in [-0.39, 0.29) is 23.3 Å². The van der Waals surface area contributed by atoms with Crippen molar-refractivity contribution in [3.05, 3.63) is 113 Å². The van der Waals surface area contributed by atoms with Crippen LogP contribution in [0.3, 0.4) is 0 Å². The molecule has 41 heavy (non-hydrogen) atoms. The van der Waals surface area contributed by atoms with Gasteiger partial charge < -0.3 is 19.9 Å². The van der Waals surface area contributed by atoms with Gasteiger partial charge in [0.05, 0.1) is 25.0 Å². The van der Waals surface area contributed by atoms with Gasteiger partial charge in [-0.1, -0.05) is 36.7 Å². The molecule has 0 radical (unpaired) electrons. The first-order valence-corrected chi connectivity index (χ1v) is 14.1. The summed E-state index contributed by atoms with van der Waals surface area (Å²) < 4.78 is 41.8. The number of aliphatic hydroxyl groups is 1. The maximum atomic E-state index is 14.8. The van der Waals surface area contributed by atoms with Gasteiger partial charge in [-0.15, -0.1) is 11.8 Å². The number of carbonyl (C=O) groups is 1. The Kier molecular flexibility index (Phi) is 9.00. The van der Waals surface area contributed by atoms with E-state index in [2.05, 4.69) is 15.4 Å². The van der Waals surface area contributed by atoms with Crippen LogP contribution in [0.2, 0.25) is 5.02 Å². The number of thioether (sulfide) groups is 1. The molecule has 1 aliphatic rings. The number of amides is 1. The molecular weight excluding hydrogens is 574 g/mol. The highest BCUT2D eigenvalue weighted by Gasteiger charge is 2.41. The lowest BCUT2D eigenvalue weighted by atomic mass is 9.90. The number of halogens is 3. The van der Waals surface area contributed by atoms with Crippen molar-refractivity contribution >= 4 is 35.0 Å². The van der Waals surface area contributed by atoms with Crippen LogP contribution in [0.4, 0.5) is 14.5 Å². The number of aromatic nitrogens is 3. The van der Waals surface area contributed by atoms with E-state index < -0.39 is 28.8 Å². The van der Waals surface area contributed by atoms with E-state index >= 15 is 0 Å². The fourth-order valence-electron chi connectivity index (χ4n) is 4.52. The van der Waals surface area contributed by atoms with Gasteiger partial charge in [-0.2, -0.15) is 5.10 Å². The second kappa shape index (κ2) is 12.7. The lowest BCUT2D eigenvalue weighted by molar-refractivity contribution is -0.180. The van der Waals surface area contributed by atoms with E-state index in [1.165, 1.54) is 35.2 Å². The molecule has 2 heterocycles. The third-order valence-electron chi connectivity index (χ3n) is 6.75. The molecular formula is C29H27ClF2N4O4S. The number of ether oxygens (including phenoxy) is 2. The first-order chi connectivity index (χ1) is 19.7. The molecule has 5 rings (SSSR count). The third-order valence-corrected chi connectivity index (χ3v) is 8.46. The van der Waals surface area contributed by atoms with E-state index in [9.17, 15) is 18.7 Å². The molecule has 0 bridgehead atoms. The Morgan fingerprint density at radius 2 is 1.85 bits per heavy atom. The first-order valence-electron chi connectivity index (χ1n) is 12.8. The minimum absolute atomic E-state index is 0.0369. The van der Waals surface area contributed by atoms with Crippen LogP contribution in [0, 0.1) is 11.6 Å². The number of nitrogens with one attached hydrogen (secondary N) is 1. The number of benzene rings is 3. The fourth-order valence-corrected chi connectivity index (χ4v) is 5.96. The van der Waals surface area contributed by atoms with Crippen LogP contribution >= 0.6 is 23.4 Å². The topological polar surface area (TPSA) is 98.5 Å². The summed E-state index contributed by atoms with van der Waals surface area (Å²) in [5, 5.41) is 18.5. The van der Waals surface area contributed by atoms with Gasteiger partial charge in [-0.05, 0) is 42.5 Å². The summed E-state index contributed by atoms with van der Waals surface area (Å²) in [4.78, 5) is 16.5. The maximum Gasteiger partial charge on any atom is 0.255 e. The molecule has 3 aromatic carbocycles. The van der Waals surface area contributed by atoms with Crippen molar-refractivity contribution in [2.75, 3.05) is 18.5 Å². The van der Waals surface area contributed by atoms with Crippen LogP contribution in [0.25, 0.3) is 0 Å². The summed E-state index contributed by atoms with van der Waals surface area (Å²) in [6, 6.07) is 16.9. The van der Waals surface area contributed by atoms with Crippen LogP contribution < -0.4 is 5.32 Å². The lowest BCUT2D eigenvalue weighted by Crippen LogP contribution is -2.43. The van der Waals surface area contributed by atoms with E-state index in [1.807, 2.05) is 0 Å². The second-order valence-electron chi connectivity index (χ2n) is 9.62. The average Bonchev–Trinajstić information content (AvgIpc) is 3.47. The Labute approximate surface area is 244 Å². The van der Waals surface area contributed by atoms with Crippen LogP contribution in [0.15, 0.2) is 79.4 Å². The van der Waals surface area contributed by atoms with Crippen molar-refractivity contribution in [1.29, 1.82) is 0 Å². The summed E-state index contributed by atoms with van der Waals surface area (Å²) >= 11 is 7.27. The molecule has 8 nitrogen and oxygen atoms in total. The highest BCUT2D eigenvalue weighted by molar-refractivity contribution is 8.00. The third kappa shape index (κ3) is 6.94. The summed E-state index contributed by atoms with van der Waals surface area (Å²) in [5.41, 5.74) is 0.0952. The molecule has 0 saturated carbocycles. The minimum atomic E-state index is -1.73. The second-order valence-corrected chi connectivity index (χ2v) is 11.7. The Hall–Kier alpha value is -3.35. The summed E-state index contributed by atoms with van der Waals surface area (Å²) in [5.74, 6) is -1.84.